The van der Waals surface area contributed by atoms with Crippen LogP contribution in [-0.2, 0) is 4.74 Å². The highest BCUT2D eigenvalue weighted by Gasteiger charge is 2.32. The van der Waals surface area contributed by atoms with Crippen LogP contribution in [0.4, 0.5) is 0 Å². The van der Waals surface area contributed by atoms with Crippen LogP contribution in [0.5, 0.6) is 0 Å². The highest BCUT2D eigenvalue weighted by molar-refractivity contribution is 4.87. The van der Waals surface area contributed by atoms with E-state index in [1.54, 1.807) is 0 Å². The summed E-state index contributed by atoms with van der Waals surface area (Å²) in [6.45, 7) is 7.71. The van der Waals surface area contributed by atoms with Gasteiger partial charge in [0.2, 0.25) is 0 Å². The molecule has 0 radical (unpaired) electrons. The summed E-state index contributed by atoms with van der Waals surface area (Å²) >= 11 is 0. The average Bonchev–Trinajstić information content (AvgIpc) is 2.45. The van der Waals surface area contributed by atoms with E-state index in [-0.39, 0.29) is 0 Å². The SMILES string of the molecule is CC1CC(NCC2(C)CCOC2)C1. The van der Waals surface area contributed by atoms with Crippen LogP contribution in [0, 0.1) is 11.3 Å². The molecule has 0 bridgehead atoms. The van der Waals surface area contributed by atoms with Crippen LogP contribution in [0.15, 0.2) is 0 Å². The molecule has 1 atom stereocenters. The second-order valence-electron chi connectivity index (χ2n) is 5.27. The van der Waals surface area contributed by atoms with Gasteiger partial charge in [0.25, 0.3) is 0 Å². The highest BCUT2D eigenvalue weighted by atomic mass is 16.5. The molecule has 0 aromatic rings. The zero-order valence-electron chi connectivity index (χ0n) is 8.81. The number of rotatable bonds is 3. The van der Waals surface area contributed by atoms with Crippen molar-refractivity contribution in [1.82, 2.24) is 5.32 Å². The van der Waals surface area contributed by atoms with Gasteiger partial charge in [-0.1, -0.05) is 13.8 Å². The molecule has 2 nitrogen and oxygen atoms in total. The Morgan fingerprint density at radius 2 is 2.23 bits per heavy atom. The first kappa shape index (κ1) is 9.47. The van der Waals surface area contributed by atoms with E-state index in [0.717, 1.165) is 31.7 Å². The van der Waals surface area contributed by atoms with Crippen LogP contribution < -0.4 is 5.32 Å². The molecule has 0 spiro atoms. The molecule has 1 aliphatic heterocycles. The van der Waals surface area contributed by atoms with E-state index in [9.17, 15) is 0 Å². The fourth-order valence-electron chi connectivity index (χ4n) is 2.31. The van der Waals surface area contributed by atoms with Crippen molar-refractivity contribution in [2.75, 3.05) is 19.8 Å². The molecular formula is C11H21NO. The van der Waals surface area contributed by atoms with Crippen molar-refractivity contribution >= 4 is 0 Å². The Hall–Kier alpha value is -0.0800. The van der Waals surface area contributed by atoms with Crippen molar-refractivity contribution in [1.29, 1.82) is 0 Å². The molecule has 0 amide bonds. The second kappa shape index (κ2) is 3.58. The Morgan fingerprint density at radius 3 is 2.77 bits per heavy atom. The lowest BCUT2D eigenvalue weighted by Crippen LogP contribution is -2.45. The van der Waals surface area contributed by atoms with Gasteiger partial charge < -0.3 is 10.1 Å². The summed E-state index contributed by atoms with van der Waals surface area (Å²) in [6, 6.07) is 0.799. The smallest absolute Gasteiger partial charge is 0.0532 e. The Balaban J connectivity index is 1.67. The van der Waals surface area contributed by atoms with Crippen molar-refractivity contribution in [3.8, 4) is 0 Å². The summed E-state index contributed by atoms with van der Waals surface area (Å²) in [5.74, 6) is 0.949. The summed E-state index contributed by atoms with van der Waals surface area (Å²) in [7, 11) is 0. The van der Waals surface area contributed by atoms with E-state index in [4.69, 9.17) is 4.74 Å². The normalized spacial score (nSPS) is 44.8. The first-order valence-corrected chi connectivity index (χ1v) is 5.49. The minimum Gasteiger partial charge on any atom is -0.381 e. The third-order valence-electron chi connectivity index (χ3n) is 3.49. The Bertz CT molecular complexity index is 169. The van der Waals surface area contributed by atoms with E-state index < -0.39 is 0 Å². The van der Waals surface area contributed by atoms with E-state index in [1.807, 2.05) is 0 Å². The summed E-state index contributed by atoms with van der Waals surface area (Å²) < 4.78 is 5.43. The Kier molecular flexibility index (Phi) is 2.61. The zero-order valence-corrected chi connectivity index (χ0v) is 8.81. The van der Waals surface area contributed by atoms with Gasteiger partial charge in [-0.25, -0.2) is 0 Å². The van der Waals surface area contributed by atoms with Crippen LogP contribution in [0.1, 0.15) is 33.1 Å². The molecule has 13 heavy (non-hydrogen) atoms. The van der Waals surface area contributed by atoms with Gasteiger partial charge in [-0.3, -0.25) is 0 Å². The fourth-order valence-corrected chi connectivity index (χ4v) is 2.31. The minimum absolute atomic E-state index is 0.416. The third-order valence-corrected chi connectivity index (χ3v) is 3.49. The fraction of sp³-hybridized carbons (Fsp3) is 1.00. The summed E-state index contributed by atoms with van der Waals surface area (Å²) in [5, 5.41) is 3.65. The number of hydrogen-bond donors (Lipinski definition) is 1. The maximum Gasteiger partial charge on any atom is 0.0532 e. The lowest BCUT2D eigenvalue weighted by Gasteiger charge is -2.36. The van der Waals surface area contributed by atoms with Gasteiger partial charge in [0, 0.05) is 24.6 Å². The highest BCUT2D eigenvalue weighted by Crippen LogP contribution is 2.30. The predicted molar refractivity (Wildman–Crippen MR) is 53.7 cm³/mol. The van der Waals surface area contributed by atoms with Crippen molar-refractivity contribution in [2.45, 2.75) is 39.2 Å². The van der Waals surface area contributed by atoms with Crippen LogP contribution in [0.25, 0.3) is 0 Å². The number of hydrogen-bond acceptors (Lipinski definition) is 2. The molecule has 76 valence electrons. The molecule has 1 heterocycles. The van der Waals surface area contributed by atoms with E-state index in [2.05, 4.69) is 19.2 Å². The lowest BCUT2D eigenvalue weighted by molar-refractivity contribution is 0.147. The maximum absolute atomic E-state index is 5.43. The molecule has 1 saturated carbocycles. The quantitative estimate of drug-likeness (QED) is 0.720. The van der Waals surface area contributed by atoms with E-state index >= 15 is 0 Å². The van der Waals surface area contributed by atoms with Crippen molar-refractivity contribution in [3.05, 3.63) is 0 Å². The van der Waals surface area contributed by atoms with Crippen molar-refractivity contribution in [3.63, 3.8) is 0 Å². The van der Waals surface area contributed by atoms with E-state index in [0.29, 0.717) is 5.41 Å². The average molecular weight is 183 g/mol. The van der Waals surface area contributed by atoms with Crippen molar-refractivity contribution in [2.24, 2.45) is 11.3 Å². The van der Waals surface area contributed by atoms with E-state index in [1.165, 1.54) is 19.3 Å². The molecule has 0 aromatic heterocycles. The largest absolute Gasteiger partial charge is 0.381 e. The molecule has 1 N–H and O–H groups in total. The van der Waals surface area contributed by atoms with Crippen LogP contribution >= 0.6 is 0 Å². The van der Waals surface area contributed by atoms with Gasteiger partial charge >= 0.3 is 0 Å². The molecule has 0 aromatic carbocycles. The number of ether oxygens (including phenoxy) is 1. The van der Waals surface area contributed by atoms with Crippen molar-refractivity contribution < 1.29 is 4.74 Å². The zero-order chi connectivity index (χ0) is 9.31. The molecule has 1 unspecified atom stereocenters. The van der Waals surface area contributed by atoms with Gasteiger partial charge in [-0.15, -0.1) is 0 Å². The van der Waals surface area contributed by atoms with Gasteiger partial charge in [-0.05, 0) is 25.2 Å². The molecule has 2 heteroatoms. The first-order valence-electron chi connectivity index (χ1n) is 5.49. The standard InChI is InChI=1S/C11H21NO/c1-9-5-10(6-9)12-7-11(2)3-4-13-8-11/h9-10,12H,3-8H2,1-2H3. The van der Waals surface area contributed by atoms with Crippen LogP contribution in [0.3, 0.4) is 0 Å². The molecular weight excluding hydrogens is 162 g/mol. The van der Waals surface area contributed by atoms with Crippen LogP contribution in [0.2, 0.25) is 0 Å². The summed E-state index contributed by atoms with van der Waals surface area (Å²) in [5.41, 5.74) is 0.416. The molecule has 1 saturated heterocycles. The molecule has 2 fully saturated rings. The number of nitrogens with one attached hydrogen (secondary N) is 1. The molecule has 1 aliphatic carbocycles. The molecule has 2 rings (SSSR count). The predicted octanol–water partition coefficient (Wildman–Crippen LogP) is 1.80. The Labute approximate surface area is 81.0 Å². The van der Waals surface area contributed by atoms with Gasteiger partial charge in [0.15, 0.2) is 0 Å². The third kappa shape index (κ3) is 2.23. The Morgan fingerprint density at radius 1 is 1.46 bits per heavy atom. The lowest BCUT2D eigenvalue weighted by atomic mass is 9.80. The van der Waals surface area contributed by atoms with Gasteiger partial charge in [-0.2, -0.15) is 0 Å². The molecule has 2 aliphatic rings. The summed E-state index contributed by atoms with van der Waals surface area (Å²) in [6.07, 6.45) is 3.97. The summed E-state index contributed by atoms with van der Waals surface area (Å²) in [4.78, 5) is 0. The monoisotopic (exact) mass is 183 g/mol. The van der Waals surface area contributed by atoms with Gasteiger partial charge in [0.05, 0.1) is 6.61 Å². The maximum atomic E-state index is 5.43. The topological polar surface area (TPSA) is 21.3 Å². The van der Waals surface area contributed by atoms with Gasteiger partial charge in [0.1, 0.15) is 0 Å². The first-order chi connectivity index (χ1) is 6.18. The second-order valence-corrected chi connectivity index (χ2v) is 5.27. The van der Waals surface area contributed by atoms with Crippen LogP contribution in [-0.4, -0.2) is 25.8 Å². The minimum atomic E-state index is 0.416.